The van der Waals surface area contributed by atoms with Crippen LogP contribution in [0.3, 0.4) is 0 Å². The Morgan fingerprint density at radius 3 is 2.24 bits per heavy atom. The van der Waals surface area contributed by atoms with Crippen LogP contribution in [0.5, 0.6) is 11.5 Å². The van der Waals surface area contributed by atoms with Crippen molar-refractivity contribution < 1.29 is 19.1 Å². The smallest absolute Gasteiger partial charge is 0.225 e. The number of hydrogen-bond donors (Lipinski definition) is 1. The van der Waals surface area contributed by atoms with Crippen LogP contribution in [0.2, 0.25) is 0 Å². The van der Waals surface area contributed by atoms with Crippen LogP contribution in [0.25, 0.3) is 0 Å². The molecule has 0 saturated carbocycles. The topological polar surface area (TPSA) is 64.6 Å². The Labute approximate surface area is 170 Å². The molecule has 0 saturated heterocycles. The van der Waals surface area contributed by atoms with Gasteiger partial charge in [0.15, 0.2) is 17.3 Å². The molecular formula is C24H25NO4. The molecule has 2 unspecified atom stereocenters. The molecule has 0 radical (unpaired) electrons. The summed E-state index contributed by atoms with van der Waals surface area (Å²) < 4.78 is 10.7. The molecule has 2 aliphatic rings. The third-order valence-corrected chi connectivity index (χ3v) is 5.89. The SMILES string of the molecule is COc1ccc(C2CC(=O)C3=C(C2)NC(=O)CC3c2ccc(C)cc2)cc1OC. The van der Waals surface area contributed by atoms with Gasteiger partial charge in [0.2, 0.25) is 5.91 Å². The summed E-state index contributed by atoms with van der Waals surface area (Å²) in [6, 6.07) is 13.9. The van der Waals surface area contributed by atoms with Gasteiger partial charge in [0.1, 0.15) is 0 Å². The highest BCUT2D eigenvalue weighted by Crippen LogP contribution is 2.43. The second kappa shape index (κ2) is 7.74. The van der Waals surface area contributed by atoms with Crippen molar-refractivity contribution in [3.63, 3.8) is 0 Å². The Kier molecular flexibility index (Phi) is 5.14. The molecule has 0 spiro atoms. The lowest BCUT2D eigenvalue weighted by molar-refractivity contribution is -0.122. The van der Waals surface area contributed by atoms with Crippen LogP contribution in [0.1, 0.15) is 47.8 Å². The number of Topliss-reactive ketones (excluding diaryl/α,β-unsaturated/α-hetero) is 1. The van der Waals surface area contributed by atoms with E-state index in [9.17, 15) is 9.59 Å². The minimum absolute atomic E-state index is 0.00174. The predicted octanol–water partition coefficient (Wildman–Crippen LogP) is 4.02. The molecule has 0 aromatic heterocycles. The summed E-state index contributed by atoms with van der Waals surface area (Å²) >= 11 is 0. The number of benzene rings is 2. The maximum absolute atomic E-state index is 13.2. The van der Waals surface area contributed by atoms with E-state index in [2.05, 4.69) is 5.32 Å². The largest absolute Gasteiger partial charge is 0.493 e. The van der Waals surface area contributed by atoms with Gasteiger partial charge in [0.05, 0.1) is 14.2 Å². The standard InChI is InChI=1S/C24H25NO4/c1-14-4-6-15(7-5-14)18-13-23(27)25-19-10-17(11-20(26)24(18)19)16-8-9-21(28-2)22(12-16)29-3/h4-9,12,17-18H,10-11,13H2,1-3H3,(H,25,27). The third-order valence-electron chi connectivity index (χ3n) is 5.89. The first-order valence-corrected chi connectivity index (χ1v) is 9.84. The zero-order valence-electron chi connectivity index (χ0n) is 17.0. The quantitative estimate of drug-likeness (QED) is 0.855. The molecule has 4 rings (SSSR count). The summed E-state index contributed by atoms with van der Waals surface area (Å²) in [5.41, 5.74) is 4.73. The van der Waals surface area contributed by atoms with Gasteiger partial charge in [-0.05, 0) is 42.5 Å². The lowest BCUT2D eigenvalue weighted by atomic mass is 9.73. The third kappa shape index (κ3) is 3.65. The molecule has 5 nitrogen and oxygen atoms in total. The van der Waals surface area contributed by atoms with Crippen LogP contribution >= 0.6 is 0 Å². The van der Waals surface area contributed by atoms with Crippen molar-refractivity contribution in [1.29, 1.82) is 0 Å². The molecule has 5 heteroatoms. The van der Waals surface area contributed by atoms with Crippen molar-refractivity contribution >= 4 is 11.7 Å². The normalized spacial score (nSPS) is 21.5. The highest BCUT2D eigenvalue weighted by molar-refractivity contribution is 6.02. The van der Waals surface area contributed by atoms with E-state index in [-0.39, 0.29) is 23.5 Å². The van der Waals surface area contributed by atoms with Gasteiger partial charge in [-0.25, -0.2) is 0 Å². The first-order chi connectivity index (χ1) is 14.0. The highest BCUT2D eigenvalue weighted by atomic mass is 16.5. The molecule has 29 heavy (non-hydrogen) atoms. The number of nitrogens with one attached hydrogen (secondary N) is 1. The molecule has 150 valence electrons. The van der Waals surface area contributed by atoms with E-state index in [0.29, 0.717) is 30.8 Å². The second-order valence-corrected chi connectivity index (χ2v) is 7.75. The first-order valence-electron chi connectivity index (χ1n) is 9.84. The fraction of sp³-hybridized carbons (Fsp3) is 0.333. The van der Waals surface area contributed by atoms with Crippen LogP contribution in [-0.4, -0.2) is 25.9 Å². The maximum atomic E-state index is 13.2. The first kappa shape index (κ1) is 19.2. The van der Waals surface area contributed by atoms with Crippen molar-refractivity contribution in [1.82, 2.24) is 5.32 Å². The lowest BCUT2D eigenvalue weighted by Gasteiger charge is -2.34. The number of amides is 1. The molecular weight excluding hydrogens is 366 g/mol. The maximum Gasteiger partial charge on any atom is 0.225 e. The fourth-order valence-electron chi connectivity index (χ4n) is 4.39. The average molecular weight is 391 g/mol. The van der Waals surface area contributed by atoms with Crippen molar-refractivity contribution in [2.75, 3.05) is 14.2 Å². The molecule has 2 aromatic carbocycles. The number of rotatable bonds is 4. The number of carbonyl (C=O) groups is 2. The Balaban J connectivity index is 1.68. The number of carbonyl (C=O) groups excluding carboxylic acids is 2. The number of allylic oxidation sites excluding steroid dienone is 2. The van der Waals surface area contributed by atoms with Gasteiger partial charge in [-0.15, -0.1) is 0 Å². The van der Waals surface area contributed by atoms with Gasteiger partial charge in [0.25, 0.3) is 0 Å². The summed E-state index contributed by atoms with van der Waals surface area (Å²) in [5, 5.41) is 2.97. The predicted molar refractivity (Wildman–Crippen MR) is 110 cm³/mol. The molecule has 1 N–H and O–H groups in total. The number of hydrogen-bond acceptors (Lipinski definition) is 4. The zero-order valence-corrected chi connectivity index (χ0v) is 17.0. The summed E-state index contributed by atoms with van der Waals surface area (Å²) in [4.78, 5) is 25.6. The van der Waals surface area contributed by atoms with Crippen molar-refractivity contribution in [2.45, 2.75) is 38.0 Å². The van der Waals surface area contributed by atoms with Gasteiger partial charge < -0.3 is 14.8 Å². The summed E-state index contributed by atoms with van der Waals surface area (Å²) in [6.07, 6.45) is 1.37. The van der Waals surface area contributed by atoms with E-state index in [1.807, 2.05) is 49.4 Å². The summed E-state index contributed by atoms with van der Waals surface area (Å²) in [5.74, 6) is 1.20. The molecule has 0 fully saturated rings. The molecule has 2 atom stereocenters. The molecule has 1 aliphatic carbocycles. The fourth-order valence-corrected chi connectivity index (χ4v) is 4.39. The van der Waals surface area contributed by atoms with Gasteiger partial charge in [-0.3, -0.25) is 9.59 Å². The monoisotopic (exact) mass is 391 g/mol. The Morgan fingerprint density at radius 2 is 1.55 bits per heavy atom. The highest BCUT2D eigenvalue weighted by Gasteiger charge is 2.38. The number of methoxy groups -OCH3 is 2. The van der Waals surface area contributed by atoms with Crippen molar-refractivity contribution in [3.05, 3.63) is 70.4 Å². The molecule has 1 amide bonds. The Bertz CT molecular complexity index is 990. The van der Waals surface area contributed by atoms with Crippen molar-refractivity contribution in [2.24, 2.45) is 0 Å². The molecule has 1 aliphatic heterocycles. The minimum atomic E-state index is -0.168. The minimum Gasteiger partial charge on any atom is -0.493 e. The number of aryl methyl sites for hydroxylation is 1. The van der Waals surface area contributed by atoms with Crippen LogP contribution in [-0.2, 0) is 9.59 Å². The van der Waals surface area contributed by atoms with Gasteiger partial charge in [0, 0.05) is 30.0 Å². The molecule has 0 bridgehead atoms. The van der Waals surface area contributed by atoms with Crippen LogP contribution in [0, 0.1) is 6.92 Å². The average Bonchev–Trinajstić information content (AvgIpc) is 2.72. The Morgan fingerprint density at radius 1 is 0.862 bits per heavy atom. The number of ether oxygens (including phenoxy) is 2. The molecule has 2 aromatic rings. The number of ketones is 1. The van der Waals surface area contributed by atoms with E-state index in [4.69, 9.17) is 9.47 Å². The summed E-state index contributed by atoms with van der Waals surface area (Å²) in [7, 11) is 3.20. The summed E-state index contributed by atoms with van der Waals surface area (Å²) in [6.45, 7) is 2.03. The van der Waals surface area contributed by atoms with Crippen LogP contribution in [0.4, 0.5) is 0 Å². The van der Waals surface area contributed by atoms with Gasteiger partial charge in [-0.1, -0.05) is 35.9 Å². The van der Waals surface area contributed by atoms with Crippen molar-refractivity contribution in [3.8, 4) is 11.5 Å². The van der Waals surface area contributed by atoms with E-state index >= 15 is 0 Å². The van der Waals surface area contributed by atoms with E-state index < -0.39 is 0 Å². The Hall–Kier alpha value is -3.08. The van der Waals surface area contributed by atoms with E-state index in [0.717, 1.165) is 28.0 Å². The second-order valence-electron chi connectivity index (χ2n) is 7.75. The van der Waals surface area contributed by atoms with Gasteiger partial charge in [-0.2, -0.15) is 0 Å². The molecule has 1 heterocycles. The van der Waals surface area contributed by atoms with E-state index in [1.54, 1.807) is 14.2 Å². The van der Waals surface area contributed by atoms with Gasteiger partial charge >= 0.3 is 0 Å². The lowest BCUT2D eigenvalue weighted by Crippen LogP contribution is -2.38. The van der Waals surface area contributed by atoms with E-state index in [1.165, 1.54) is 0 Å². The van der Waals surface area contributed by atoms with Crippen LogP contribution in [0.15, 0.2) is 53.7 Å². The zero-order chi connectivity index (χ0) is 20.5. The van der Waals surface area contributed by atoms with Crippen LogP contribution < -0.4 is 14.8 Å².